The molecule has 0 unspecified atom stereocenters. The molecular weight excluding hydrogens is 340 g/mol. The van der Waals surface area contributed by atoms with E-state index < -0.39 is 12.5 Å². The van der Waals surface area contributed by atoms with Crippen LogP contribution in [0.1, 0.15) is 18.4 Å². The summed E-state index contributed by atoms with van der Waals surface area (Å²) in [6, 6.07) is 9.93. The van der Waals surface area contributed by atoms with Gasteiger partial charge in [0.25, 0.3) is 0 Å². The highest BCUT2D eigenvalue weighted by molar-refractivity contribution is 6.01. The quantitative estimate of drug-likeness (QED) is 0.794. The molecule has 26 heavy (non-hydrogen) atoms. The largest absolute Gasteiger partial charge is 0.434 e. The van der Waals surface area contributed by atoms with Crippen LogP contribution >= 0.6 is 0 Å². The van der Waals surface area contributed by atoms with Gasteiger partial charge in [-0.1, -0.05) is 18.2 Å². The highest BCUT2D eigenvalue weighted by atomic mass is 19.3. The Kier molecular flexibility index (Phi) is 5.78. The van der Waals surface area contributed by atoms with Crippen LogP contribution in [-0.4, -0.2) is 30.6 Å². The van der Waals surface area contributed by atoms with Crippen molar-refractivity contribution in [3.63, 3.8) is 0 Å². The number of benzene rings is 1. The van der Waals surface area contributed by atoms with E-state index in [4.69, 9.17) is 0 Å². The first-order valence-corrected chi connectivity index (χ1v) is 8.36. The zero-order valence-corrected chi connectivity index (χ0v) is 14.1. The Hall–Kier alpha value is -2.96. The third kappa shape index (κ3) is 4.78. The molecule has 1 saturated heterocycles. The SMILES string of the molecule is O=C(/C=C/c1ccccc1OC(F)F)Nc1ccc(N2CCCC2)cn1. The van der Waals surface area contributed by atoms with Gasteiger partial charge < -0.3 is 15.0 Å². The molecule has 5 nitrogen and oxygen atoms in total. The molecule has 3 rings (SSSR count). The summed E-state index contributed by atoms with van der Waals surface area (Å²) in [5.41, 5.74) is 1.43. The summed E-state index contributed by atoms with van der Waals surface area (Å²) in [5.74, 6) is 0.0395. The van der Waals surface area contributed by atoms with Crippen LogP contribution in [0.3, 0.4) is 0 Å². The van der Waals surface area contributed by atoms with Crippen molar-refractivity contribution >= 4 is 23.5 Å². The van der Waals surface area contributed by atoms with Crippen LogP contribution in [0.5, 0.6) is 5.75 Å². The first-order chi connectivity index (χ1) is 12.6. The zero-order chi connectivity index (χ0) is 18.4. The molecule has 1 N–H and O–H groups in total. The van der Waals surface area contributed by atoms with Crippen LogP contribution in [0, 0.1) is 0 Å². The maximum atomic E-state index is 12.4. The lowest BCUT2D eigenvalue weighted by atomic mass is 10.2. The number of rotatable bonds is 6. The van der Waals surface area contributed by atoms with E-state index in [1.54, 1.807) is 30.5 Å². The first kappa shape index (κ1) is 17.8. The van der Waals surface area contributed by atoms with E-state index in [1.165, 1.54) is 31.1 Å². The molecule has 0 radical (unpaired) electrons. The standard InChI is InChI=1S/C19H19F2N3O2/c20-19(21)26-16-6-2-1-5-14(16)7-10-18(25)23-17-9-8-15(13-22-17)24-11-3-4-12-24/h1-2,5-10,13,19H,3-4,11-12H2,(H,22,23,25)/b10-7+. The second kappa shape index (κ2) is 8.42. The van der Waals surface area contributed by atoms with Crippen LogP contribution in [0.15, 0.2) is 48.7 Å². The van der Waals surface area contributed by atoms with E-state index in [2.05, 4.69) is 19.9 Å². The zero-order valence-electron chi connectivity index (χ0n) is 14.1. The van der Waals surface area contributed by atoms with E-state index in [9.17, 15) is 13.6 Å². The molecule has 1 aromatic carbocycles. The molecule has 1 amide bonds. The molecule has 2 aromatic rings. The van der Waals surface area contributed by atoms with Gasteiger partial charge in [-0.2, -0.15) is 8.78 Å². The summed E-state index contributed by atoms with van der Waals surface area (Å²) >= 11 is 0. The molecule has 7 heteroatoms. The molecule has 1 aromatic heterocycles. The Morgan fingerprint density at radius 2 is 1.96 bits per heavy atom. The highest BCUT2D eigenvalue weighted by Gasteiger charge is 2.12. The molecular formula is C19H19F2N3O2. The minimum absolute atomic E-state index is 0.0136. The molecule has 0 aliphatic carbocycles. The number of amides is 1. The predicted molar refractivity (Wildman–Crippen MR) is 96.4 cm³/mol. The van der Waals surface area contributed by atoms with Crippen LogP contribution in [-0.2, 0) is 4.79 Å². The maximum absolute atomic E-state index is 12.4. The Labute approximate surface area is 150 Å². The number of pyridine rings is 1. The number of para-hydroxylation sites is 1. The molecule has 1 fully saturated rings. The number of anilines is 2. The molecule has 0 spiro atoms. The van der Waals surface area contributed by atoms with E-state index in [1.807, 2.05) is 6.07 Å². The normalized spacial score (nSPS) is 14.2. The fraction of sp³-hybridized carbons (Fsp3) is 0.263. The topological polar surface area (TPSA) is 54.5 Å². The summed E-state index contributed by atoms with van der Waals surface area (Å²) in [6.45, 7) is -0.872. The number of aromatic nitrogens is 1. The van der Waals surface area contributed by atoms with E-state index >= 15 is 0 Å². The Morgan fingerprint density at radius 1 is 1.19 bits per heavy atom. The van der Waals surface area contributed by atoms with Gasteiger partial charge >= 0.3 is 6.61 Å². The van der Waals surface area contributed by atoms with Gasteiger partial charge in [-0.15, -0.1) is 0 Å². The van der Waals surface area contributed by atoms with E-state index in [0.717, 1.165) is 18.8 Å². The minimum Gasteiger partial charge on any atom is -0.434 e. The van der Waals surface area contributed by atoms with E-state index in [-0.39, 0.29) is 5.75 Å². The number of alkyl halides is 2. The van der Waals surface area contributed by atoms with Crippen molar-refractivity contribution in [1.82, 2.24) is 4.98 Å². The Morgan fingerprint density at radius 3 is 2.65 bits per heavy atom. The number of carbonyl (C=O) groups excluding carboxylic acids is 1. The summed E-state index contributed by atoms with van der Waals surface area (Å²) in [4.78, 5) is 18.5. The summed E-state index contributed by atoms with van der Waals surface area (Å²) in [7, 11) is 0. The van der Waals surface area contributed by atoms with Gasteiger partial charge in [0.05, 0.1) is 11.9 Å². The van der Waals surface area contributed by atoms with Gasteiger partial charge in [0.1, 0.15) is 11.6 Å². The Balaban J connectivity index is 1.61. The number of nitrogens with one attached hydrogen (secondary N) is 1. The van der Waals surface area contributed by atoms with Gasteiger partial charge in [0, 0.05) is 24.7 Å². The van der Waals surface area contributed by atoms with Gasteiger partial charge in [-0.05, 0) is 37.1 Å². The fourth-order valence-electron chi connectivity index (χ4n) is 2.78. The second-order valence-electron chi connectivity index (χ2n) is 5.83. The second-order valence-corrected chi connectivity index (χ2v) is 5.83. The van der Waals surface area contributed by atoms with E-state index in [0.29, 0.717) is 11.4 Å². The average Bonchev–Trinajstić information content (AvgIpc) is 3.16. The molecule has 0 bridgehead atoms. The summed E-state index contributed by atoms with van der Waals surface area (Å²) in [6.07, 6.45) is 6.77. The van der Waals surface area contributed by atoms with Crippen LogP contribution in [0.2, 0.25) is 0 Å². The molecule has 1 aliphatic rings. The number of nitrogens with zero attached hydrogens (tertiary/aromatic N) is 2. The molecule has 0 atom stereocenters. The highest BCUT2D eigenvalue weighted by Crippen LogP contribution is 2.22. The number of ether oxygens (including phenoxy) is 1. The average molecular weight is 359 g/mol. The molecule has 0 saturated carbocycles. The molecule has 136 valence electrons. The lowest BCUT2D eigenvalue weighted by molar-refractivity contribution is -0.111. The van der Waals surface area contributed by atoms with Crippen molar-refractivity contribution in [3.8, 4) is 5.75 Å². The maximum Gasteiger partial charge on any atom is 0.387 e. The van der Waals surface area contributed by atoms with Crippen molar-refractivity contribution in [2.24, 2.45) is 0 Å². The minimum atomic E-state index is -2.92. The van der Waals surface area contributed by atoms with Crippen LogP contribution in [0.4, 0.5) is 20.3 Å². The van der Waals surface area contributed by atoms with Gasteiger partial charge in [-0.3, -0.25) is 4.79 Å². The smallest absolute Gasteiger partial charge is 0.387 e. The van der Waals surface area contributed by atoms with Crippen molar-refractivity contribution in [1.29, 1.82) is 0 Å². The van der Waals surface area contributed by atoms with Gasteiger partial charge in [0.15, 0.2) is 0 Å². The summed E-state index contributed by atoms with van der Waals surface area (Å²) in [5, 5.41) is 2.65. The lowest BCUT2D eigenvalue weighted by Crippen LogP contribution is -2.18. The number of hydrogen-bond acceptors (Lipinski definition) is 4. The molecule has 2 heterocycles. The fourth-order valence-corrected chi connectivity index (χ4v) is 2.78. The van der Waals surface area contributed by atoms with Crippen molar-refractivity contribution < 1.29 is 18.3 Å². The molecule has 1 aliphatic heterocycles. The monoisotopic (exact) mass is 359 g/mol. The van der Waals surface area contributed by atoms with Crippen molar-refractivity contribution in [2.45, 2.75) is 19.5 Å². The van der Waals surface area contributed by atoms with Crippen LogP contribution < -0.4 is 15.0 Å². The summed E-state index contributed by atoms with van der Waals surface area (Å²) < 4.78 is 29.2. The number of hydrogen-bond donors (Lipinski definition) is 1. The first-order valence-electron chi connectivity index (χ1n) is 8.36. The van der Waals surface area contributed by atoms with Crippen molar-refractivity contribution in [2.75, 3.05) is 23.3 Å². The number of carbonyl (C=O) groups is 1. The third-order valence-electron chi connectivity index (χ3n) is 4.02. The lowest BCUT2D eigenvalue weighted by Gasteiger charge is -2.17. The van der Waals surface area contributed by atoms with Crippen LogP contribution in [0.25, 0.3) is 6.08 Å². The third-order valence-corrected chi connectivity index (χ3v) is 4.02. The van der Waals surface area contributed by atoms with Gasteiger partial charge in [0.2, 0.25) is 5.91 Å². The predicted octanol–water partition coefficient (Wildman–Crippen LogP) is 3.94. The van der Waals surface area contributed by atoms with Gasteiger partial charge in [-0.25, -0.2) is 4.98 Å². The number of halogens is 2. The van der Waals surface area contributed by atoms with Crippen molar-refractivity contribution in [3.05, 3.63) is 54.2 Å². The Bertz CT molecular complexity index is 773.